The fourth-order valence-corrected chi connectivity index (χ4v) is 3.17. The Kier molecular flexibility index (Phi) is 4.79. The normalized spacial score (nSPS) is 20.8. The molecule has 1 aromatic carbocycles. The number of nitrogens with one attached hydrogen (secondary N) is 1. The molecule has 0 fully saturated rings. The van der Waals surface area contributed by atoms with Gasteiger partial charge in [-0.1, -0.05) is 24.3 Å². The summed E-state index contributed by atoms with van der Waals surface area (Å²) >= 11 is 0. The summed E-state index contributed by atoms with van der Waals surface area (Å²) in [6.07, 6.45) is 5.22. The largest absolute Gasteiger partial charge is 0.316 e. The summed E-state index contributed by atoms with van der Waals surface area (Å²) in [5.74, 6) is 0.743. The van der Waals surface area contributed by atoms with Gasteiger partial charge in [-0.25, -0.2) is 0 Å². The summed E-state index contributed by atoms with van der Waals surface area (Å²) in [4.78, 5) is 2.27. The van der Waals surface area contributed by atoms with E-state index in [1.165, 1.54) is 25.7 Å². The molecular formula is C16H26N2. The van der Waals surface area contributed by atoms with Gasteiger partial charge in [-0.15, -0.1) is 0 Å². The molecule has 18 heavy (non-hydrogen) atoms. The van der Waals surface area contributed by atoms with Crippen molar-refractivity contribution in [1.29, 1.82) is 0 Å². The van der Waals surface area contributed by atoms with Crippen LogP contribution < -0.4 is 5.32 Å². The monoisotopic (exact) mass is 246 g/mol. The van der Waals surface area contributed by atoms with Crippen molar-refractivity contribution >= 4 is 0 Å². The van der Waals surface area contributed by atoms with Crippen LogP contribution in [0.3, 0.4) is 0 Å². The van der Waals surface area contributed by atoms with Crippen molar-refractivity contribution in [3.8, 4) is 0 Å². The van der Waals surface area contributed by atoms with Crippen LogP contribution in [0.15, 0.2) is 24.3 Å². The molecule has 0 amide bonds. The van der Waals surface area contributed by atoms with Crippen LogP contribution in [0.4, 0.5) is 0 Å². The van der Waals surface area contributed by atoms with E-state index in [2.05, 4.69) is 55.6 Å². The van der Waals surface area contributed by atoms with E-state index in [1.54, 1.807) is 11.1 Å². The Morgan fingerprint density at radius 2 is 2.11 bits per heavy atom. The standard InChI is InChI=1S/C16H26N2/c1-17-15(12-18(2)3)11-14-9-6-8-13-7-4-5-10-16(13)14/h4-5,7,10,14-15,17H,6,8-9,11-12H2,1-3H3. The molecule has 2 atom stereocenters. The van der Waals surface area contributed by atoms with Gasteiger partial charge in [0.25, 0.3) is 0 Å². The zero-order valence-corrected chi connectivity index (χ0v) is 11.9. The van der Waals surface area contributed by atoms with E-state index >= 15 is 0 Å². The molecule has 2 heteroatoms. The van der Waals surface area contributed by atoms with Gasteiger partial charge in [0.15, 0.2) is 0 Å². The van der Waals surface area contributed by atoms with E-state index in [0.717, 1.165) is 12.5 Å². The van der Waals surface area contributed by atoms with Gasteiger partial charge >= 0.3 is 0 Å². The lowest BCUT2D eigenvalue weighted by Crippen LogP contribution is -2.37. The van der Waals surface area contributed by atoms with Crippen LogP contribution in [0.1, 0.15) is 36.3 Å². The number of aryl methyl sites for hydroxylation is 1. The van der Waals surface area contributed by atoms with Crippen molar-refractivity contribution in [2.24, 2.45) is 0 Å². The number of hydrogen-bond acceptors (Lipinski definition) is 2. The maximum absolute atomic E-state index is 3.47. The Bertz CT molecular complexity index is 373. The predicted octanol–water partition coefficient (Wildman–Crippen LogP) is 2.65. The highest BCUT2D eigenvalue weighted by Crippen LogP contribution is 2.34. The Morgan fingerprint density at radius 3 is 2.83 bits per heavy atom. The molecule has 0 aliphatic heterocycles. The second-order valence-electron chi connectivity index (χ2n) is 5.77. The van der Waals surface area contributed by atoms with Crippen LogP contribution in [0.2, 0.25) is 0 Å². The van der Waals surface area contributed by atoms with E-state index in [4.69, 9.17) is 0 Å². The number of benzene rings is 1. The summed E-state index contributed by atoms with van der Waals surface area (Å²) in [6, 6.07) is 9.60. The Balaban J connectivity index is 2.06. The van der Waals surface area contributed by atoms with Crippen molar-refractivity contribution in [3.63, 3.8) is 0 Å². The van der Waals surface area contributed by atoms with Crippen molar-refractivity contribution in [2.75, 3.05) is 27.7 Å². The molecule has 1 aliphatic rings. The topological polar surface area (TPSA) is 15.3 Å². The van der Waals surface area contributed by atoms with Gasteiger partial charge in [-0.2, -0.15) is 0 Å². The fourth-order valence-electron chi connectivity index (χ4n) is 3.17. The van der Waals surface area contributed by atoms with Crippen molar-refractivity contribution in [3.05, 3.63) is 35.4 Å². The highest BCUT2D eigenvalue weighted by molar-refractivity contribution is 5.32. The summed E-state index contributed by atoms with van der Waals surface area (Å²) in [6.45, 7) is 1.12. The molecule has 2 rings (SSSR count). The third-order valence-corrected chi connectivity index (χ3v) is 4.06. The summed E-state index contributed by atoms with van der Waals surface area (Å²) < 4.78 is 0. The van der Waals surface area contributed by atoms with Crippen LogP contribution in [-0.4, -0.2) is 38.6 Å². The first kappa shape index (κ1) is 13.6. The number of rotatable bonds is 5. The van der Waals surface area contributed by atoms with Gasteiger partial charge in [0.05, 0.1) is 0 Å². The number of nitrogens with zero attached hydrogens (tertiary/aromatic N) is 1. The average Bonchev–Trinajstić information content (AvgIpc) is 2.38. The third kappa shape index (κ3) is 3.33. The molecule has 0 saturated heterocycles. The minimum atomic E-state index is 0.594. The van der Waals surface area contributed by atoms with Crippen LogP contribution in [0.5, 0.6) is 0 Å². The molecule has 1 aliphatic carbocycles. The molecule has 1 aromatic rings. The zero-order chi connectivity index (χ0) is 13.0. The lowest BCUT2D eigenvalue weighted by atomic mass is 9.79. The lowest BCUT2D eigenvalue weighted by molar-refractivity contribution is 0.318. The van der Waals surface area contributed by atoms with Crippen molar-refractivity contribution in [1.82, 2.24) is 10.2 Å². The van der Waals surface area contributed by atoms with Crippen LogP contribution in [0, 0.1) is 0 Å². The van der Waals surface area contributed by atoms with Gasteiger partial charge in [0.1, 0.15) is 0 Å². The second-order valence-corrected chi connectivity index (χ2v) is 5.77. The number of hydrogen-bond donors (Lipinski definition) is 1. The number of likely N-dealkylation sites (N-methyl/N-ethyl adjacent to an activating group) is 2. The maximum Gasteiger partial charge on any atom is 0.0197 e. The maximum atomic E-state index is 3.47. The van der Waals surface area contributed by atoms with Gasteiger partial charge in [0.2, 0.25) is 0 Å². The van der Waals surface area contributed by atoms with Gasteiger partial charge in [0, 0.05) is 12.6 Å². The fraction of sp³-hybridized carbons (Fsp3) is 0.625. The lowest BCUT2D eigenvalue weighted by Gasteiger charge is -2.30. The van der Waals surface area contributed by atoms with E-state index in [9.17, 15) is 0 Å². The van der Waals surface area contributed by atoms with E-state index in [1.807, 2.05) is 0 Å². The van der Waals surface area contributed by atoms with Crippen LogP contribution in [-0.2, 0) is 6.42 Å². The smallest absolute Gasteiger partial charge is 0.0197 e. The van der Waals surface area contributed by atoms with Gasteiger partial charge in [-0.05, 0) is 63.9 Å². The molecule has 0 heterocycles. The van der Waals surface area contributed by atoms with Gasteiger partial charge < -0.3 is 10.2 Å². The van der Waals surface area contributed by atoms with Crippen molar-refractivity contribution < 1.29 is 0 Å². The zero-order valence-electron chi connectivity index (χ0n) is 11.9. The Hall–Kier alpha value is -0.860. The third-order valence-electron chi connectivity index (χ3n) is 4.06. The average molecular weight is 246 g/mol. The minimum Gasteiger partial charge on any atom is -0.316 e. The highest BCUT2D eigenvalue weighted by atomic mass is 15.1. The SMILES string of the molecule is CNC(CC1CCCc2ccccc21)CN(C)C. The quantitative estimate of drug-likeness (QED) is 0.859. The number of fused-ring (bicyclic) bond motifs is 1. The van der Waals surface area contributed by atoms with Crippen LogP contribution in [0.25, 0.3) is 0 Å². The first-order chi connectivity index (χ1) is 8.70. The summed E-state index contributed by atoms with van der Waals surface area (Å²) in [5, 5.41) is 3.47. The minimum absolute atomic E-state index is 0.594. The molecule has 2 unspecified atom stereocenters. The first-order valence-corrected chi connectivity index (χ1v) is 7.10. The van der Waals surface area contributed by atoms with E-state index in [0.29, 0.717) is 6.04 Å². The van der Waals surface area contributed by atoms with E-state index < -0.39 is 0 Å². The summed E-state index contributed by atoms with van der Waals surface area (Å²) in [7, 11) is 6.39. The van der Waals surface area contributed by atoms with E-state index in [-0.39, 0.29) is 0 Å². The molecular weight excluding hydrogens is 220 g/mol. The summed E-state index contributed by atoms with van der Waals surface area (Å²) in [5.41, 5.74) is 3.18. The molecule has 0 bridgehead atoms. The Morgan fingerprint density at radius 1 is 1.33 bits per heavy atom. The second kappa shape index (κ2) is 6.35. The van der Waals surface area contributed by atoms with Crippen molar-refractivity contribution in [2.45, 2.75) is 37.6 Å². The van der Waals surface area contributed by atoms with Crippen LogP contribution >= 0.6 is 0 Å². The highest BCUT2D eigenvalue weighted by Gasteiger charge is 2.22. The Labute approximate surface area is 111 Å². The molecule has 1 N–H and O–H groups in total. The molecule has 0 spiro atoms. The molecule has 0 radical (unpaired) electrons. The predicted molar refractivity (Wildman–Crippen MR) is 78.1 cm³/mol. The molecule has 0 aromatic heterocycles. The molecule has 0 saturated carbocycles. The first-order valence-electron chi connectivity index (χ1n) is 7.10. The molecule has 2 nitrogen and oxygen atoms in total. The van der Waals surface area contributed by atoms with Gasteiger partial charge in [-0.3, -0.25) is 0 Å². The molecule has 100 valence electrons.